The van der Waals surface area contributed by atoms with Crippen molar-refractivity contribution in [1.82, 2.24) is 0 Å². The van der Waals surface area contributed by atoms with Crippen LogP contribution in [0.4, 0.5) is 4.39 Å². The minimum Gasteiger partial charge on any atom is -0.456 e. The fourth-order valence-electron chi connectivity index (χ4n) is 2.00. The summed E-state index contributed by atoms with van der Waals surface area (Å²) in [5.74, 6) is 1.05. The quantitative estimate of drug-likeness (QED) is 0.886. The van der Waals surface area contributed by atoms with Gasteiger partial charge in [0, 0.05) is 6.04 Å². The first-order chi connectivity index (χ1) is 9.45. The fraction of sp³-hybridized carbons (Fsp3) is 0.250. The van der Waals surface area contributed by atoms with Gasteiger partial charge in [-0.3, -0.25) is 0 Å². The SMILES string of the molecule is Cc1cc(CC(C)N)ccc1Oc1ccc(F)cc1Br. The van der Waals surface area contributed by atoms with Crippen molar-refractivity contribution in [2.45, 2.75) is 26.3 Å². The summed E-state index contributed by atoms with van der Waals surface area (Å²) in [6.07, 6.45) is 0.835. The van der Waals surface area contributed by atoms with Gasteiger partial charge in [-0.15, -0.1) is 0 Å². The first kappa shape index (κ1) is 15.0. The summed E-state index contributed by atoms with van der Waals surface area (Å²) in [7, 11) is 0. The second-order valence-corrected chi connectivity index (χ2v) is 5.81. The third-order valence-electron chi connectivity index (χ3n) is 2.91. The van der Waals surface area contributed by atoms with Gasteiger partial charge in [0.25, 0.3) is 0 Å². The summed E-state index contributed by atoms with van der Waals surface area (Å²) in [6.45, 7) is 3.97. The summed E-state index contributed by atoms with van der Waals surface area (Å²) in [4.78, 5) is 0. The van der Waals surface area contributed by atoms with Gasteiger partial charge in [0.05, 0.1) is 4.47 Å². The molecular formula is C16H17BrFNO. The third kappa shape index (κ3) is 3.81. The molecule has 106 valence electrons. The maximum absolute atomic E-state index is 13.0. The summed E-state index contributed by atoms with van der Waals surface area (Å²) < 4.78 is 19.4. The highest BCUT2D eigenvalue weighted by molar-refractivity contribution is 9.10. The number of rotatable bonds is 4. The maximum Gasteiger partial charge on any atom is 0.141 e. The van der Waals surface area contributed by atoms with Gasteiger partial charge in [-0.05, 0) is 71.6 Å². The second kappa shape index (κ2) is 6.37. The van der Waals surface area contributed by atoms with E-state index in [9.17, 15) is 4.39 Å². The lowest BCUT2D eigenvalue weighted by Gasteiger charge is -2.12. The molecule has 0 fully saturated rings. The van der Waals surface area contributed by atoms with Crippen molar-refractivity contribution in [1.29, 1.82) is 0 Å². The van der Waals surface area contributed by atoms with Gasteiger partial charge < -0.3 is 10.5 Å². The van der Waals surface area contributed by atoms with Crippen molar-refractivity contribution in [2.24, 2.45) is 5.73 Å². The lowest BCUT2D eigenvalue weighted by Crippen LogP contribution is -2.17. The smallest absolute Gasteiger partial charge is 0.141 e. The highest BCUT2D eigenvalue weighted by Gasteiger charge is 2.07. The molecule has 0 bridgehead atoms. The highest BCUT2D eigenvalue weighted by Crippen LogP contribution is 2.32. The van der Waals surface area contributed by atoms with Crippen LogP contribution in [0.3, 0.4) is 0 Å². The van der Waals surface area contributed by atoms with Crippen molar-refractivity contribution >= 4 is 15.9 Å². The van der Waals surface area contributed by atoms with Crippen LogP contribution in [0.5, 0.6) is 11.5 Å². The molecule has 2 aromatic rings. The molecule has 0 spiro atoms. The van der Waals surface area contributed by atoms with Crippen LogP contribution in [-0.2, 0) is 6.42 Å². The zero-order valence-corrected chi connectivity index (χ0v) is 13.1. The monoisotopic (exact) mass is 337 g/mol. The van der Waals surface area contributed by atoms with Gasteiger partial charge in [0.1, 0.15) is 17.3 Å². The lowest BCUT2D eigenvalue weighted by atomic mass is 10.0. The van der Waals surface area contributed by atoms with E-state index in [1.54, 1.807) is 6.07 Å². The van der Waals surface area contributed by atoms with Crippen molar-refractivity contribution < 1.29 is 9.13 Å². The van der Waals surface area contributed by atoms with Crippen LogP contribution in [0.2, 0.25) is 0 Å². The molecule has 2 nitrogen and oxygen atoms in total. The molecule has 1 atom stereocenters. The van der Waals surface area contributed by atoms with E-state index in [1.165, 1.54) is 17.7 Å². The molecule has 2 rings (SSSR count). The molecule has 0 aliphatic heterocycles. The third-order valence-corrected chi connectivity index (χ3v) is 3.53. The minimum atomic E-state index is -0.298. The Morgan fingerprint density at radius 2 is 1.90 bits per heavy atom. The second-order valence-electron chi connectivity index (χ2n) is 4.96. The molecule has 0 aliphatic rings. The van der Waals surface area contributed by atoms with E-state index in [2.05, 4.69) is 22.0 Å². The minimum absolute atomic E-state index is 0.132. The molecular weight excluding hydrogens is 321 g/mol. The predicted octanol–water partition coefficient (Wildman–Crippen LogP) is 4.58. The van der Waals surface area contributed by atoms with Gasteiger partial charge in [-0.2, -0.15) is 0 Å². The molecule has 2 aromatic carbocycles. The average Bonchev–Trinajstić information content (AvgIpc) is 2.34. The Kier molecular flexibility index (Phi) is 4.78. The van der Waals surface area contributed by atoms with Gasteiger partial charge in [0.2, 0.25) is 0 Å². The Hall–Kier alpha value is -1.39. The van der Waals surface area contributed by atoms with E-state index in [1.807, 2.05) is 26.0 Å². The van der Waals surface area contributed by atoms with Crippen LogP contribution in [0.1, 0.15) is 18.1 Å². The normalized spacial score (nSPS) is 12.2. The molecule has 0 amide bonds. The highest BCUT2D eigenvalue weighted by atomic mass is 79.9. The van der Waals surface area contributed by atoms with Crippen LogP contribution < -0.4 is 10.5 Å². The molecule has 0 aliphatic carbocycles. The topological polar surface area (TPSA) is 35.2 Å². The number of aryl methyl sites for hydroxylation is 1. The van der Waals surface area contributed by atoms with E-state index in [4.69, 9.17) is 10.5 Å². The summed E-state index contributed by atoms with van der Waals surface area (Å²) in [5.41, 5.74) is 8.01. The van der Waals surface area contributed by atoms with E-state index < -0.39 is 0 Å². The fourth-order valence-corrected chi connectivity index (χ4v) is 2.43. The predicted molar refractivity (Wildman–Crippen MR) is 82.7 cm³/mol. The molecule has 0 saturated heterocycles. The van der Waals surface area contributed by atoms with Crippen LogP contribution in [0, 0.1) is 12.7 Å². The van der Waals surface area contributed by atoms with Crippen LogP contribution in [-0.4, -0.2) is 6.04 Å². The Labute approximate surface area is 126 Å². The Bertz CT molecular complexity index is 613. The van der Waals surface area contributed by atoms with Crippen LogP contribution in [0.25, 0.3) is 0 Å². The first-order valence-electron chi connectivity index (χ1n) is 6.43. The Morgan fingerprint density at radius 3 is 2.50 bits per heavy atom. The van der Waals surface area contributed by atoms with Crippen LogP contribution in [0.15, 0.2) is 40.9 Å². The Morgan fingerprint density at radius 1 is 1.20 bits per heavy atom. The molecule has 2 N–H and O–H groups in total. The molecule has 0 saturated carbocycles. The standard InChI is InChI=1S/C16H17BrFNO/c1-10-7-12(8-11(2)19)3-5-15(10)20-16-6-4-13(18)9-14(16)17/h3-7,9,11H,8,19H2,1-2H3. The van der Waals surface area contributed by atoms with Gasteiger partial charge in [0.15, 0.2) is 0 Å². The maximum atomic E-state index is 13.0. The molecule has 4 heteroatoms. The molecule has 0 aromatic heterocycles. The largest absolute Gasteiger partial charge is 0.456 e. The summed E-state index contributed by atoms with van der Waals surface area (Å²) in [6, 6.07) is 10.5. The van der Waals surface area contributed by atoms with Crippen molar-refractivity contribution in [3.8, 4) is 11.5 Å². The summed E-state index contributed by atoms with van der Waals surface area (Å²) in [5, 5.41) is 0. The van der Waals surface area contributed by atoms with Gasteiger partial charge in [-0.25, -0.2) is 4.39 Å². The number of benzene rings is 2. The van der Waals surface area contributed by atoms with Gasteiger partial charge in [-0.1, -0.05) is 12.1 Å². The van der Waals surface area contributed by atoms with Crippen molar-refractivity contribution in [3.63, 3.8) is 0 Å². The Balaban J connectivity index is 2.21. The number of nitrogens with two attached hydrogens (primary N) is 1. The lowest BCUT2D eigenvalue weighted by molar-refractivity contribution is 0.473. The van der Waals surface area contributed by atoms with Crippen molar-refractivity contribution in [3.05, 3.63) is 57.8 Å². The summed E-state index contributed by atoms with van der Waals surface area (Å²) >= 11 is 3.29. The van der Waals surface area contributed by atoms with E-state index >= 15 is 0 Å². The van der Waals surface area contributed by atoms with Crippen molar-refractivity contribution in [2.75, 3.05) is 0 Å². The molecule has 20 heavy (non-hydrogen) atoms. The average molecular weight is 338 g/mol. The van der Waals surface area contributed by atoms with E-state index in [0.717, 1.165) is 17.7 Å². The van der Waals surface area contributed by atoms with E-state index in [-0.39, 0.29) is 11.9 Å². The van der Waals surface area contributed by atoms with Crippen LogP contribution >= 0.6 is 15.9 Å². The molecule has 1 unspecified atom stereocenters. The molecule has 0 radical (unpaired) electrons. The number of hydrogen-bond acceptors (Lipinski definition) is 2. The number of ether oxygens (including phenoxy) is 1. The first-order valence-corrected chi connectivity index (χ1v) is 7.23. The zero-order valence-electron chi connectivity index (χ0n) is 11.5. The number of halogens is 2. The van der Waals surface area contributed by atoms with E-state index in [0.29, 0.717) is 10.2 Å². The zero-order chi connectivity index (χ0) is 14.7. The number of hydrogen-bond donors (Lipinski definition) is 1. The van der Waals surface area contributed by atoms with Gasteiger partial charge >= 0.3 is 0 Å². The molecule has 0 heterocycles.